The van der Waals surface area contributed by atoms with Crippen LogP contribution in [0, 0.1) is 0 Å². The maximum atomic E-state index is 12.8. The predicted octanol–water partition coefficient (Wildman–Crippen LogP) is 3.37. The van der Waals surface area contributed by atoms with E-state index in [-0.39, 0.29) is 18.2 Å². The van der Waals surface area contributed by atoms with Gasteiger partial charge in [-0.2, -0.15) is 5.10 Å². The van der Waals surface area contributed by atoms with Crippen molar-refractivity contribution in [3.05, 3.63) is 53.6 Å². The van der Waals surface area contributed by atoms with Crippen LogP contribution in [-0.2, 0) is 16.1 Å². The number of piperazine rings is 1. The summed E-state index contributed by atoms with van der Waals surface area (Å²) < 4.78 is 28.3. The van der Waals surface area contributed by atoms with Gasteiger partial charge in [0.1, 0.15) is 0 Å². The minimum absolute atomic E-state index is 0.0888. The van der Waals surface area contributed by atoms with Crippen molar-refractivity contribution < 1.29 is 28.2 Å². The highest BCUT2D eigenvalue weighted by Crippen LogP contribution is 2.30. The lowest BCUT2D eigenvalue weighted by molar-refractivity contribution is -0.132. The molecule has 0 atom stereocenters. The second kappa shape index (κ2) is 13.7. The number of ether oxygens (including phenoxy) is 3. The molecule has 0 bridgehead atoms. The van der Waals surface area contributed by atoms with Gasteiger partial charge in [0.2, 0.25) is 12.8 Å². The van der Waals surface area contributed by atoms with Gasteiger partial charge in [-0.05, 0) is 42.3 Å². The molecule has 1 saturated heterocycles. The molecule has 2 heterocycles. The van der Waals surface area contributed by atoms with E-state index in [1.807, 2.05) is 12.1 Å². The van der Waals surface area contributed by atoms with E-state index in [4.69, 9.17) is 14.2 Å². The molecule has 1 fully saturated rings. The molecule has 0 aliphatic carbocycles. The van der Waals surface area contributed by atoms with E-state index in [9.17, 15) is 14.0 Å². The van der Waals surface area contributed by atoms with Crippen LogP contribution in [0.2, 0.25) is 0 Å². The number of methoxy groups -OCH3 is 1. The van der Waals surface area contributed by atoms with Crippen LogP contribution in [0.5, 0.6) is 11.5 Å². The Hall–Kier alpha value is -3.70. The topological polar surface area (TPSA) is 105 Å². The second-order valence-corrected chi connectivity index (χ2v) is 9.02. The Morgan fingerprint density at radius 1 is 1.11 bits per heavy atom. The van der Waals surface area contributed by atoms with Gasteiger partial charge < -0.3 is 24.4 Å². The average molecular weight is 528 g/mol. The maximum absolute atomic E-state index is 12.8. The molecule has 0 aromatic heterocycles. The van der Waals surface area contributed by atoms with E-state index < -0.39 is 13.0 Å². The smallest absolute Gasteiger partial charge is 0.411 e. The Labute approximate surface area is 221 Å². The number of nitrogens with one attached hydrogen (secondary N) is 2. The van der Waals surface area contributed by atoms with Gasteiger partial charge in [0.05, 0.1) is 26.0 Å². The number of carbonyl (C=O) groups is 2. The van der Waals surface area contributed by atoms with Crippen molar-refractivity contribution in [3.8, 4) is 11.5 Å². The van der Waals surface area contributed by atoms with Crippen molar-refractivity contribution >= 4 is 23.4 Å². The first-order chi connectivity index (χ1) is 18.6. The number of rotatable bonds is 11. The van der Waals surface area contributed by atoms with Crippen molar-refractivity contribution in [1.29, 1.82) is 0 Å². The van der Waals surface area contributed by atoms with Gasteiger partial charge in [-0.1, -0.05) is 12.1 Å². The SMILES string of the molecule is COc1ccc(C2=NN(Cc3ccc(NC(=O)OCCCN4CCNCC4)cc3)C(=O)CC2)cc1OCF. The average Bonchev–Trinajstić information content (AvgIpc) is 2.94. The van der Waals surface area contributed by atoms with Crippen LogP contribution in [0.4, 0.5) is 14.9 Å². The molecule has 0 spiro atoms. The summed E-state index contributed by atoms with van der Waals surface area (Å²) >= 11 is 0. The second-order valence-electron chi connectivity index (χ2n) is 9.02. The zero-order valence-corrected chi connectivity index (χ0v) is 21.6. The fraction of sp³-hybridized carbons (Fsp3) is 0.444. The quantitative estimate of drug-likeness (QED) is 0.432. The molecule has 38 heavy (non-hydrogen) atoms. The van der Waals surface area contributed by atoms with Crippen LogP contribution in [0.3, 0.4) is 0 Å². The van der Waals surface area contributed by atoms with Crippen molar-refractivity contribution in [2.24, 2.45) is 5.10 Å². The Morgan fingerprint density at radius 2 is 1.89 bits per heavy atom. The summed E-state index contributed by atoms with van der Waals surface area (Å²) in [6.07, 6.45) is 1.08. The van der Waals surface area contributed by atoms with E-state index in [0.717, 1.165) is 50.3 Å². The van der Waals surface area contributed by atoms with E-state index >= 15 is 0 Å². The molecule has 2 amide bonds. The summed E-state index contributed by atoms with van der Waals surface area (Å²) in [6.45, 7) is 4.61. The lowest BCUT2D eigenvalue weighted by atomic mass is 10.0. The Kier molecular flexibility index (Phi) is 9.88. The van der Waals surface area contributed by atoms with Crippen molar-refractivity contribution in [2.75, 3.05) is 58.6 Å². The first-order valence-corrected chi connectivity index (χ1v) is 12.8. The van der Waals surface area contributed by atoms with Gasteiger partial charge in [-0.15, -0.1) is 0 Å². The first kappa shape index (κ1) is 27.3. The van der Waals surface area contributed by atoms with E-state index in [0.29, 0.717) is 36.6 Å². The molecule has 0 radical (unpaired) electrons. The van der Waals surface area contributed by atoms with Crippen LogP contribution in [0.1, 0.15) is 30.4 Å². The summed E-state index contributed by atoms with van der Waals surface area (Å²) in [5.74, 6) is 0.609. The summed E-state index contributed by atoms with van der Waals surface area (Å²) in [4.78, 5) is 27.0. The van der Waals surface area contributed by atoms with Gasteiger partial charge in [0.25, 0.3) is 0 Å². The molecule has 2 aromatic carbocycles. The fourth-order valence-electron chi connectivity index (χ4n) is 4.37. The van der Waals surface area contributed by atoms with E-state index in [1.165, 1.54) is 12.1 Å². The number of amides is 2. The van der Waals surface area contributed by atoms with Gasteiger partial charge in [0.15, 0.2) is 11.5 Å². The van der Waals surface area contributed by atoms with Crippen molar-refractivity contribution in [3.63, 3.8) is 0 Å². The molecule has 0 saturated carbocycles. The zero-order chi connectivity index (χ0) is 26.7. The molecule has 2 N–H and O–H groups in total. The highest BCUT2D eigenvalue weighted by molar-refractivity contribution is 6.04. The third-order valence-electron chi connectivity index (χ3n) is 6.41. The molecule has 2 aliphatic rings. The zero-order valence-electron chi connectivity index (χ0n) is 21.6. The summed E-state index contributed by atoms with van der Waals surface area (Å²) in [5.41, 5.74) is 2.90. The normalized spacial score (nSPS) is 16.1. The number of nitrogens with zero attached hydrogens (tertiary/aromatic N) is 3. The number of anilines is 1. The van der Waals surface area contributed by atoms with Crippen LogP contribution in [0.15, 0.2) is 47.6 Å². The molecule has 4 rings (SSSR count). The first-order valence-electron chi connectivity index (χ1n) is 12.8. The Balaban J connectivity index is 1.29. The van der Waals surface area contributed by atoms with Crippen LogP contribution >= 0.6 is 0 Å². The number of hydrogen-bond donors (Lipinski definition) is 2. The minimum Gasteiger partial charge on any atom is -0.493 e. The maximum Gasteiger partial charge on any atom is 0.411 e. The molecule has 2 aliphatic heterocycles. The van der Waals surface area contributed by atoms with Gasteiger partial charge >= 0.3 is 6.09 Å². The number of carbonyl (C=O) groups excluding carboxylic acids is 2. The largest absolute Gasteiger partial charge is 0.493 e. The Morgan fingerprint density at radius 3 is 2.63 bits per heavy atom. The van der Waals surface area contributed by atoms with E-state index in [2.05, 4.69) is 20.6 Å². The predicted molar refractivity (Wildman–Crippen MR) is 141 cm³/mol. The van der Waals surface area contributed by atoms with Gasteiger partial charge in [-0.3, -0.25) is 10.1 Å². The lowest BCUT2D eigenvalue weighted by Crippen LogP contribution is -2.43. The number of alkyl halides is 1. The fourth-order valence-corrected chi connectivity index (χ4v) is 4.37. The van der Waals surface area contributed by atoms with Crippen molar-refractivity contribution in [2.45, 2.75) is 25.8 Å². The van der Waals surface area contributed by atoms with E-state index in [1.54, 1.807) is 30.3 Å². The highest BCUT2D eigenvalue weighted by Gasteiger charge is 2.22. The third-order valence-corrected chi connectivity index (χ3v) is 6.41. The highest BCUT2D eigenvalue weighted by atomic mass is 19.1. The number of hydrazone groups is 1. The molecule has 204 valence electrons. The third kappa shape index (κ3) is 7.65. The molecule has 10 nitrogen and oxygen atoms in total. The monoisotopic (exact) mass is 527 g/mol. The Bertz CT molecular complexity index is 1120. The van der Waals surface area contributed by atoms with Crippen LogP contribution in [-0.4, -0.2) is 80.9 Å². The number of hydrogen-bond acceptors (Lipinski definition) is 8. The molecular formula is C27H34FN5O5. The number of halogens is 1. The molecule has 2 aromatic rings. The molecular weight excluding hydrogens is 493 g/mol. The van der Waals surface area contributed by atoms with Gasteiger partial charge in [-0.25, -0.2) is 14.2 Å². The summed E-state index contributed by atoms with van der Waals surface area (Å²) in [6, 6.07) is 12.3. The number of benzene rings is 2. The van der Waals surface area contributed by atoms with Crippen LogP contribution < -0.4 is 20.1 Å². The van der Waals surface area contributed by atoms with Crippen molar-refractivity contribution in [1.82, 2.24) is 15.2 Å². The van der Waals surface area contributed by atoms with Crippen LogP contribution in [0.25, 0.3) is 0 Å². The molecule has 0 unspecified atom stereocenters. The summed E-state index contributed by atoms with van der Waals surface area (Å²) in [7, 11) is 1.48. The summed E-state index contributed by atoms with van der Waals surface area (Å²) in [5, 5.41) is 12.0. The minimum atomic E-state index is -0.976. The molecule has 11 heteroatoms. The van der Waals surface area contributed by atoms with Gasteiger partial charge in [0, 0.05) is 56.8 Å². The standard InChI is InChI=1S/C27H34FN5O5/c1-36-24-9-5-21(17-25(24)38-19-28)23-8-10-26(34)33(31-23)18-20-3-6-22(7-4-20)30-27(35)37-16-2-13-32-14-11-29-12-15-32/h3-7,9,17,29H,2,8,10-16,18-19H2,1H3,(H,30,35). The lowest BCUT2D eigenvalue weighted by Gasteiger charge is -2.26.